The SMILES string of the molecule is CCc1ccc(O[C@H](C)[C@H](C)OC(=O)[C@H](C)NC(=O)OC(C)(C)C)cc1. The zero-order valence-corrected chi connectivity index (χ0v) is 16.8. The summed E-state index contributed by atoms with van der Waals surface area (Å²) in [6.45, 7) is 12.5. The Labute approximate surface area is 156 Å². The molecule has 6 nitrogen and oxygen atoms in total. The van der Waals surface area contributed by atoms with Crippen molar-refractivity contribution in [3.63, 3.8) is 0 Å². The van der Waals surface area contributed by atoms with Crippen LogP contribution in [0.1, 0.15) is 54.0 Å². The van der Waals surface area contributed by atoms with E-state index in [1.165, 1.54) is 5.56 Å². The molecule has 0 aromatic heterocycles. The number of nitrogens with one attached hydrogen (secondary N) is 1. The van der Waals surface area contributed by atoms with E-state index < -0.39 is 29.8 Å². The second-order valence-electron chi connectivity index (χ2n) is 7.33. The van der Waals surface area contributed by atoms with E-state index in [2.05, 4.69) is 12.2 Å². The van der Waals surface area contributed by atoms with Gasteiger partial charge in [0.15, 0.2) is 0 Å². The number of ether oxygens (including phenoxy) is 3. The van der Waals surface area contributed by atoms with Gasteiger partial charge in [-0.25, -0.2) is 9.59 Å². The first-order valence-corrected chi connectivity index (χ1v) is 8.97. The Balaban J connectivity index is 2.49. The van der Waals surface area contributed by atoms with Crippen molar-refractivity contribution in [2.24, 2.45) is 0 Å². The van der Waals surface area contributed by atoms with Gasteiger partial charge in [-0.05, 0) is 65.7 Å². The van der Waals surface area contributed by atoms with Crippen molar-refractivity contribution in [3.05, 3.63) is 29.8 Å². The maximum absolute atomic E-state index is 12.1. The molecule has 0 fully saturated rings. The first-order valence-electron chi connectivity index (χ1n) is 8.97. The molecule has 0 aliphatic heterocycles. The van der Waals surface area contributed by atoms with Gasteiger partial charge in [-0.2, -0.15) is 0 Å². The molecule has 3 atom stereocenters. The minimum Gasteiger partial charge on any atom is -0.487 e. The number of carbonyl (C=O) groups excluding carboxylic acids is 2. The van der Waals surface area contributed by atoms with Gasteiger partial charge < -0.3 is 19.5 Å². The number of rotatable bonds is 7. The van der Waals surface area contributed by atoms with Gasteiger partial charge in [0.2, 0.25) is 0 Å². The molecule has 0 unspecified atom stereocenters. The van der Waals surface area contributed by atoms with Gasteiger partial charge in [0, 0.05) is 0 Å². The predicted octanol–water partition coefficient (Wildman–Crippen LogP) is 3.86. The summed E-state index contributed by atoms with van der Waals surface area (Å²) in [6.07, 6.45) is -0.502. The summed E-state index contributed by atoms with van der Waals surface area (Å²) in [6, 6.07) is 6.99. The van der Waals surface area contributed by atoms with Crippen LogP contribution in [0.15, 0.2) is 24.3 Å². The van der Waals surface area contributed by atoms with E-state index in [0.29, 0.717) is 0 Å². The molecule has 6 heteroatoms. The van der Waals surface area contributed by atoms with Crippen molar-refractivity contribution in [1.82, 2.24) is 5.32 Å². The van der Waals surface area contributed by atoms with Gasteiger partial charge in [-0.1, -0.05) is 19.1 Å². The first-order chi connectivity index (χ1) is 12.0. The average molecular weight is 365 g/mol. The maximum atomic E-state index is 12.1. The third kappa shape index (κ3) is 7.76. The number of hydrogen-bond acceptors (Lipinski definition) is 5. The van der Waals surface area contributed by atoms with Crippen molar-refractivity contribution in [3.8, 4) is 5.75 Å². The highest BCUT2D eigenvalue weighted by Gasteiger charge is 2.25. The fourth-order valence-electron chi connectivity index (χ4n) is 2.04. The van der Waals surface area contributed by atoms with Gasteiger partial charge >= 0.3 is 12.1 Å². The Kier molecular flexibility index (Phi) is 7.93. The Hall–Kier alpha value is -2.24. The van der Waals surface area contributed by atoms with E-state index in [0.717, 1.165) is 12.2 Å². The Morgan fingerprint density at radius 3 is 2.12 bits per heavy atom. The van der Waals surface area contributed by atoms with Crippen molar-refractivity contribution >= 4 is 12.1 Å². The number of esters is 1. The van der Waals surface area contributed by atoms with Crippen LogP contribution in [-0.2, 0) is 20.7 Å². The molecule has 26 heavy (non-hydrogen) atoms. The van der Waals surface area contributed by atoms with E-state index in [9.17, 15) is 9.59 Å². The Morgan fingerprint density at radius 2 is 1.62 bits per heavy atom. The lowest BCUT2D eigenvalue weighted by Crippen LogP contribution is -2.44. The molecule has 0 saturated carbocycles. The van der Waals surface area contributed by atoms with Crippen LogP contribution in [0.5, 0.6) is 5.75 Å². The zero-order valence-electron chi connectivity index (χ0n) is 16.8. The van der Waals surface area contributed by atoms with Crippen LogP contribution < -0.4 is 10.1 Å². The quantitative estimate of drug-likeness (QED) is 0.743. The molecular weight excluding hydrogens is 334 g/mol. The van der Waals surface area contributed by atoms with Crippen LogP contribution in [0, 0.1) is 0 Å². The molecular formula is C20H31NO5. The maximum Gasteiger partial charge on any atom is 0.408 e. The van der Waals surface area contributed by atoms with Crippen molar-refractivity contribution in [2.45, 2.75) is 78.7 Å². The molecule has 1 aromatic carbocycles. The molecule has 0 bridgehead atoms. The third-order valence-corrected chi connectivity index (χ3v) is 3.70. The Bertz CT molecular complexity index is 591. The van der Waals surface area contributed by atoms with E-state index >= 15 is 0 Å². The van der Waals surface area contributed by atoms with Gasteiger partial charge in [-0.3, -0.25) is 0 Å². The molecule has 0 saturated heterocycles. The average Bonchev–Trinajstić information content (AvgIpc) is 2.53. The summed E-state index contributed by atoms with van der Waals surface area (Å²) >= 11 is 0. The number of benzene rings is 1. The largest absolute Gasteiger partial charge is 0.487 e. The van der Waals surface area contributed by atoms with Gasteiger partial charge in [0.05, 0.1) is 0 Å². The van der Waals surface area contributed by atoms with E-state index in [4.69, 9.17) is 14.2 Å². The molecule has 0 radical (unpaired) electrons. The van der Waals surface area contributed by atoms with E-state index in [1.54, 1.807) is 34.6 Å². The van der Waals surface area contributed by atoms with Crippen LogP contribution in [0.2, 0.25) is 0 Å². The molecule has 146 valence electrons. The smallest absolute Gasteiger partial charge is 0.408 e. The second kappa shape index (κ2) is 9.46. The standard InChI is InChI=1S/C20H31NO5/c1-8-16-9-11-17(12-10-16)24-14(3)15(4)25-18(22)13(2)21-19(23)26-20(5,6)7/h9-15H,8H2,1-7H3,(H,21,23)/t13-,14+,15-/m0/s1. The predicted molar refractivity (Wildman–Crippen MR) is 100 cm³/mol. The van der Waals surface area contributed by atoms with E-state index in [-0.39, 0.29) is 6.10 Å². The summed E-state index contributed by atoms with van der Waals surface area (Å²) in [4.78, 5) is 23.9. The lowest BCUT2D eigenvalue weighted by Gasteiger charge is -2.24. The molecule has 1 aromatic rings. The fraction of sp³-hybridized carbons (Fsp3) is 0.600. The third-order valence-electron chi connectivity index (χ3n) is 3.70. The van der Waals surface area contributed by atoms with Crippen LogP contribution in [-0.4, -0.2) is 35.9 Å². The molecule has 0 aliphatic carbocycles. The topological polar surface area (TPSA) is 73.9 Å². The molecule has 0 spiro atoms. The number of alkyl carbamates (subject to hydrolysis) is 1. The Morgan fingerprint density at radius 1 is 1.04 bits per heavy atom. The minimum atomic E-state index is -0.816. The van der Waals surface area contributed by atoms with Crippen LogP contribution in [0.4, 0.5) is 4.79 Å². The van der Waals surface area contributed by atoms with Crippen molar-refractivity contribution in [1.29, 1.82) is 0 Å². The lowest BCUT2D eigenvalue weighted by atomic mass is 10.2. The number of amides is 1. The summed E-state index contributed by atoms with van der Waals surface area (Å²) < 4.78 is 16.3. The van der Waals surface area contributed by atoms with Crippen molar-refractivity contribution < 1.29 is 23.8 Å². The molecule has 1 N–H and O–H groups in total. The van der Waals surface area contributed by atoms with Crippen molar-refractivity contribution in [2.75, 3.05) is 0 Å². The highest BCUT2D eigenvalue weighted by molar-refractivity contribution is 5.81. The summed E-state index contributed by atoms with van der Waals surface area (Å²) in [7, 11) is 0. The molecule has 1 amide bonds. The second-order valence-corrected chi connectivity index (χ2v) is 7.33. The zero-order chi connectivity index (χ0) is 19.9. The number of hydrogen-bond donors (Lipinski definition) is 1. The number of carbonyl (C=O) groups is 2. The van der Waals surface area contributed by atoms with Gasteiger partial charge in [-0.15, -0.1) is 0 Å². The fourth-order valence-corrected chi connectivity index (χ4v) is 2.04. The molecule has 0 heterocycles. The van der Waals surface area contributed by atoms with Crippen LogP contribution in [0.25, 0.3) is 0 Å². The highest BCUT2D eigenvalue weighted by Crippen LogP contribution is 2.16. The van der Waals surface area contributed by atoms with Gasteiger partial charge in [0.1, 0.15) is 29.6 Å². The summed E-state index contributed by atoms with van der Waals surface area (Å²) in [5, 5.41) is 2.47. The van der Waals surface area contributed by atoms with Gasteiger partial charge in [0.25, 0.3) is 0 Å². The molecule has 0 aliphatic rings. The normalized spacial score (nSPS) is 14.7. The monoisotopic (exact) mass is 365 g/mol. The lowest BCUT2D eigenvalue weighted by molar-refractivity contribution is -0.154. The van der Waals surface area contributed by atoms with Crippen LogP contribution >= 0.6 is 0 Å². The number of aryl methyl sites for hydroxylation is 1. The minimum absolute atomic E-state index is 0.333. The summed E-state index contributed by atoms with van der Waals surface area (Å²) in [5.74, 6) is 0.178. The van der Waals surface area contributed by atoms with E-state index in [1.807, 2.05) is 31.2 Å². The molecule has 1 rings (SSSR count). The summed E-state index contributed by atoms with van der Waals surface area (Å²) in [5.41, 5.74) is 0.600. The van der Waals surface area contributed by atoms with Crippen LogP contribution in [0.3, 0.4) is 0 Å². The first kappa shape index (κ1) is 21.8. The highest BCUT2D eigenvalue weighted by atomic mass is 16.6.